The highest BCUT2D eigenvalue weighted by Gasteiger charge is 2.06. The average Bonchev–Trinajstić information content (AvgIpc) is 2.48. The predicted molar refractivity (Wildman–Crippen MR) is 89.6 cm³/mol. The second kappa shape index (κ2) is 6.72. The maximum atomic E-state index is 4.19. The van der Waals surface area contributed by atoms with Crippen LogP contribution in [0.1, 0.15) is 18.1 Å². The van der Waals surface area contributed by atoms with E-state index in [0.717, 1.165) is 5.57 Å². The number of allylic oxidation sites excluding steroid dienone is 5. The molecule has 0 aromatic heterocycles. The number of rotatable bonds is 4. The average molecular weight is 260 g/mol. The largest absolute Gasteiger partial charge is 0.0911 e. The molecule has 0 amide bonds. The molecule has 0 aliphatic heterocycles. The van der Waals surface area contributed by atoms with Crippen molar-refractivity contribution < 1.29 is 0 Å². The van der Waals surface area contributed by atoms with Gasteiger partial charge in [-0.2, -0.15) is 0 Å². The van der Waals surface area contributed by atoms with Gasteiger partial charge in [0.2, 0.25) is 0 Å². The Balaban J connectivity index is 2.46. The Morgan fingerprint density at radius 3 is 2.45 bits per heavy atom. The minimum absolute atomic E-state index is 1.03. The van der Waals surface area contributed by atoms with Crippen molar-refractivity contribution in [2.75, 3.05) is 0 Å². The van der Waals surface area contributed by atoms with Gasteiger partial charge in [0, 0.05) is 0 Å². The third kappa shape index (κ3) is 3.36. The van der Waals surface area contributed by atoms with Gasteiger partial charge in [0.05, 0.1) is 0 Å². The van der Waals surface area contributed by atoms with E-state index >= 15 is 0 Å². The molecule has 2 aromatic carbocycles. The summed E-state index contributed by atoms with van der Waals surface area (Å²) in [6, 6.07) is 17.0. The number of hydrogen-bond acceptors (Lipinski definition) is 0. The van der Waals surface area contributed by atoms with Crippen molar-refractivity contribution in [2.24, 2.45) is 0 Å². The maximum Gasteiger partial charge on any atom is -0.0103 e. The van der Waals surface area contributed by atoms with Crippen LogP contribution in [0, 0.1) is 6.92 Å². The SMILES string of the molecule is C=C(/C=C\C=C/C)c1ccc(C)cc1-c1ccccc1. The monoisotopic (exact) mass is 260 g/mol. The summed E-state index contributed by atoms with van der Waals surface area (Å²) >= 11 is 0. The normalized spacial score (nSPS) is 11.3. The Morgan fingerprint density at radius 1 is 1.00 bits per heavy atom. The van der Waals surface area contributed by atoms with Crippen LogP contribution in [-0.2, 0) is 0 Å². The first kappa shape index (κ1) is 14.1. The molecule has 0 spiro atoms. The lowest BCUT2D eigenvalue weighted by molar-refractivity contribution is 1.45. The lowest BCUT2D eigenvalue weighted by Gasteiger charge is -2.11. The molecule has 0 radical (unpaired) electrons. The predicted octanol–water partition coefficient (Wildman–Crippen LogP) is 5.81. The summed E-state index contributed by atoms with van der Waals surface area (Å²) in [7, 11) is 0. The van der Waals surface area contributed by atoms with Crippen molar-refractivity contribution in [1.29, 1.82) is 0 Å². The smallest absolute Gasteiger partial charge is 0.0103 e. The topological polar surface area (TPSA) is 0 Å². The molecule has 2 rings (SSSR count). The molecule has 0 unspecified atom stereocenters. The van der Waals surface area contributed by atoms with Crippen LogP contribution in [0.2, 0.25) is 0 Å². The van der Waals surface area contributed by atoms with Gasteiger partial charge in [-0.3, -0.25) is 0 Å². The van der Waals surface area contributed by atoms with Crippen LogP contribution in [0.3, 0.4) is 0 Å². The van der Waals surface area contributed by atoms with Gasteiger partial charge >= 0.3 is 0 Å². The number of benzene rings is 2. The highest BCUT2D eigenvalue weighted by atomic mass is 14.1. The first-order valence-electron chi connectivity index (χ1n) is 6.87. The van der Waals surface area contributed by atoms with Crippen LogP contribution < -0.4 is 0 Å². The zero-order valence-electron chi connectivity index (χ0n) is 12.1. The van der Waals surface area contributed by atoms with Gasteiger partial charge in [0.15, 0.2) is 0 Å². The van der Waals surface area contributed by atoms with E-state index in [1.807, 2.05) is 31.2 Å². The van der Waals surface area contributed by atoms with E-state index in [-0.39, 0.29) is 0 Å². The van der Waals surface area contributed by atoms with Gasteiger partial charge in [-0.1, -0.05) is 85.0 Å². The standard InChI is InChI=1S/C20H20/c1-4-5-7-10-17(3)19-14-13-16(2)15-20(19)18-11-8-6-9-12-18/h4-15H,3H2,1-2H3/b5-4-,10-7-. The summed E-state index contributed by atoms with van der Waals surface area (Å²) in [5.41, 5.74) is 5.94. The molecule has 20 heavy (non-hydrogen) atoms. The fourth-order valence-corrected chi connectivity index (χ4v) is 2.17. The van der Waals surface area contributed by atoms with E-state index in [2.05, 4.69) is 62.0 Å². The number of aryl methyl sites for hydroxylation is 1. The molecular formula is C20H20. The Kier molecular flexibility index (Phi) is 4.73. The quantitative estimate of drug-likeness (QED) is 0.609. The number of hydrogen-bond donors (Lipinski definition) is 0. The highest BCUT2D eigenvalue weighted by Crippen LogP contribution is 2.29. The molecule has 0 fully saturated rings. The molecule has 0 nitrogen and oxygen atoms in total. The van der Waals surface area contributed by atoms with Gasteiger partial charge in [-0.15, -0.1) is 0 Å². The summed E-state index contributed by atoms with van der Waals surface area (Å²) < 4.78 is 0. The summed E-state index contributed by atoms with van der Waals surface area (Å²) in [5, 5.41) is 0. The molecule has 0 heterocycles. The second-order valence-corrected chi connectivity index (χ2v) is 4.83. The second-order valence-electron chi connectivity index (χ2n) is 4.83. The zero-order chi connectivity index (χ0) is 14.4. The summed E-state index contributed by atoms with van der Waals surface area (Å²) in [6.07, 6.45) is 8.10. The van der Waals surface area contributed by atoms with Gasteiger partial charge in [-0.05, 0) is 36.1 Å². The van der Waals surface area contributed by atoms with E-state index < -0.39 is 0 Å². The molecule has 0 saturated carbocycles. The summed E-state index contributed by atoms with van der Waals surface area (Å²) in [4.78, 5) is 0. The molecule has 2 aromatic rings. The van der Waals surface area contributed by atoms with Crippen LogP contribution in [0.25, 0.3) is 16.7 Å². The molecule has 0 aliphatic carbocycles. The van der Waals surface area contributed by atoms with E-state index in [1.54, 1.807) is 0 Å². The van der Waals surface area contributed by atoms with Gasteiger partial charge in [0.1, 0.15) is 0 Å². The lowest BCUT2D eigenvalue weighted by Crippen LogP contribution is -1.88. The zero-order valence-corrected chi connectivity index (χ0v) is 12.1. The molecule has 0 saturated heterocycles. The third-order valence-corrected chi connectivity index (χ3v) is 3.21. The van der Waals surface area contributed by atoms with Crippen molar-refractivity contribution in [3.8, 4) is 11.1 Å². The molecule has 100 valence electrons. The van der Waals surface area contributed by atoms with E-state index in [0.29, 0.717) is 0 Å². The van der Waals surface area contributed by atoms with E-state index in [4.69, 9.17) is 0 Å². The Bertz CT molecular complexity index is 643. The molecular weight excluding hydrogens is 240 g/mol. The van der Waals surface area contributed by atoms with Gasteiger partial charge < -0.3 is 0 Å². The minimum atomic E-state index is 1.03. The van der Waals surface area contributed by atoms with Crippen molar-refractivity contribution in [3.05, 3.63) is 90.5 Å². The fourth-order valence-electron chi connectivity index (χ4n) is 2.17. The Hall–Kier alpha value is -2.34. The van der Waals surface area contributed by atoms with Crippen LogP contribution >= 0.6 is 0 Å². The van der Waals surface area contributed by atoms with Crippen LogP contribution in [0.15, 0.2) is 79.4 Å². The summed E-state index contributed by atoms with van der Waals surface area (Å²) in [6.45, 7) is 8.32. The molecule has 0 bridgehead atoms. The molecule has 0 atom stereocenters. The molecule has 0 aliphatic rings. The molecule has 0 heteroatoms. The van der Waals surface area contributed by atoms with E-state index in [1.165, 1.54) is 22.3 Å². The van der Waals surface area contributed by atoms with Crippen LogP contribution in [-0.4, -0.2) is 0 Å². The van der Waals surface area contributed by atoms with Crippen molar-refractivity contribution >= 4 is 5.57 Å². The Morgan fingerprint density at radius 2 is 1.75 bits per heavy atom. The van der Waals surface area contributed by atoms with Gasteiger partial charge in [0.25, 0.3) is 0 Å². The van der Waals surface area contributed by atoms with E-state index in [9.17, 15) is 0 Å². The van der Waals surface area contributed by atoms with Crippen molar-refractivity contribution in [2.45, 2.75) is 13.8 Å². The van der Waals surface area contributed by atoms with Crippen molar-refractivity contribution in [3.63, 3.8) is 0 Å². The fraction of sp³-hybridized carbons (Fsp3) is 0.100. The molecule has 0 N–H and O–H groups in total. The Labute approximate surface area is 121 Å². The van der Waals surface area contributed by atoms with Crippen molar-refractivity contribution in [1.82, 2.24) is 0 Å². The lowest BCUT2D eigenvalue weighted by atomic mass is 9.93. The maximum absolute atomic E-state index is 4.19. The highest BCUT2D eigenvalue weighted by molar-refractivity contribution is 5.84. The van der Waals surface area contributed by atoms with Crippen LogP contribution in [0.5, 0.6) is 0 Å². The first-order valence-corrected chi connectivity index (χ1v) is 6.87. The van der Waals surface area contributed by atoms with Crippen LogP contribution in [0.4, 0.5) is 0 Å². The summed E-state index contributed by atoms with van der Waals surface area (Å²) in [5.74, 6) is 0. The van der Waals surface area contributed by atoms with Gasteiger partial charge in [-0.25, -0.2) is 0 Å². The minimum Gasteiger partial charge on any atom is -0.0911 e. The third-order valence-electron chi connectivity index (χ3n) is 3.21. The first-order chi connectivity index (χ1) is 9.72.